The fourth-order valence-electron chi connectivity index (χ4n) is 4.88. The summed E-state index contributed by atoms with van der Waals surface area (Å²) in [6.45, 7) is 1.67. The molecule has 1 saturated carbocycles. The molecule has 172 valence electrons. The number of ether oxygens (including phenoxy) is 2. The number of hydrogen-bond donors (Lipinski definition) is 0. The van der Waals surface area contributed by atoms with Crippen LogP contribution in [0.25, 0.3) is 22.3 Å². The normalized spacial score (nSPS) is 20.3. The zero-order chi connectivity index (χ0) is 23.8. The average molecular weight is 461 g/mol. The Bertz CT molecular complexity index is 1500. The quantitative estimate of drug-likeness (QED) is 0.258. The molecule has 0 amide bonds. The van der Waals surface area contributed by atoms with E-state index in [1.807, 2.05) is 0 Å². The highest BCUT2D eigenvalue weighted by molar-refractivity contribution is 5.92. The summed E-state index contributed by atoms with van der Waals surface area (Å²) in [5.74, 6) is -1.40. The molecule has 0 unspecified atom stereocenters. The molecule has 3 aromatic rings. The molecule has 10 heteroatoms. The minimum atomic E-state index is -1.69. The summed E-state index contributed by atoms with van der Waals surface area (Å²) < 4.78 is 12.6. The number of hydrogen-bond acceptors (Lipinski definition) is 8. The number of esters is 2. The van der Waals surface area contributed by atoms with Crippen LogP contribution in [0.3, 0.4) is 0 Å². The van der Waals surface area contributed by atoms with E-state index < -0.39 is 22.5 Å². The summed E-state index contributed by atoms with van der Waals surface area (Å²) in [7, 11) is 0. The van der Waals surface area contributed by atoms with Gasteiger partial charge in [0.1, 0.15) is 6.61 Å². The molecule has 2 aromatic heterocycles. The molecule has 0 N–H and O–H groups in total. The van der Waals surface area contributed by atoms with Crippen molar-refractivity contribution in [1.29, 1.82) is 0 Å². The molecule has 4 heterocycles. The largest absolute Gasteiger partial charge is 0.457 e. The van der Waals surface area contributed by atoms with Crippen molar-refractivity contribution in [2.75, 3.05) is 0 Å². The maximum Gasteiger partial charge on any atom is 0.355 e. The topological polar surface area (TPSA) is 131 Å². The van der Waals surface area contributed by atoms with Crippen LogP contribution in [0.15, 0.2) is 35.1 Å². The molecule has 0 spiro atoms. The van der Waals surface area contributed by atoms with E-state index in [0.29, 0.717) is 46.3 Å². The summed E-state index contributed by atoms with van der Waals surface area (Å²) in [6.07, 6.45) is 1.54. The number of pyridine rings is 2. The SMILES string of the molecule is CC[C@@]1(OC(=O)C2CC2)C(=O)OCc2c1cc1n(c2=O)Cc2cc3c([N+](=O)[O-])cccc3nc2-1. The van der Waals surface area contributed by atoms with E-state index >= 15 is 0 Å². The van der Waals surface area contributed by atoms with Crippen molar-refractivity contribution in [1.82, 2.24) is 9.55 Å². The smallest absolute Gasteiger partial charge is 0.355 e. The Morgan fingerprint density at radius 1 is 1.32 bits per heavy atom. The lowest BCUT2D eigenvalue weighted by Crippen LogP contribution is -2.47. The van der Waals surface area contributed by atoms with Gasteiger partial charge in [-0.3, -0.25) is 19.7 Å². The van der Waals surface area contributed by atoms with Gasteiger partial charge in [-0.1, -0.05) is 13.0 Å². The molecular formula is C24H19N3O7. The molecule has 0 saturated heterocycles. The molecule has 6 rings (SSSR count). The number of aromatic nitrogens is 2. The lowest BCUT2D eigenvalue weighted by Gasteiger charge is -2.35. The van der Waals surface area contributed by atoms with Crippen molar-refractivity contribution in [3.05, 3.63) is 67.5 Å². The van der Waals surface area contributed by atoms with Crippen LogP contribution in [0.1, 0.15) is 42.9 Å². The van der Waals surface area contributed by atoms with Gasteiger partial charge in [-0.05, 0) is 37.5 Å². The highest BCUT2D eigenvalue weighted by Gasteiger charge is 2.52. The predicted molar refractivity (Wildman–Crippen MR) is 118 cm³/mol. The molecule has 34 heavy (non-hydrogen) atoms. The third-order valence-electron chi connectivity index (χ3n) is 6.88. The van der Waals surface area contributed by atoms with Crippen LogP contribution < -0.4 is 5.56 Å². The van der Waals surface area contributed by atoms with Crippen LogP contribution in [0.2, 0.25) is 0 Å². The first-order valence-corrected chi connectivity index (χ1v) is 11.1. The predicted octanol–water partition coefficient (Wildman–Crippen LogP) is 2.95. The molecule has 0 bridgehead atoms. The number of nitro benzene ring substituents is 1. The lowest BCUT2D eigenvalue weighted by atomic mass is 9.85. The average Bonchev–Trinajstić information content (AvgIpc) is 3.62. The first kappa shape index (κ1) is 20.5. The van der Waals surface area contributed by atoms with E-state index in [0.717, 1.165) is 0 Å². The number of nitro groups is 1. The van der Waals surface area contributed by atoms with Gasteiger partial charge in [0.05, 0.1) is 45.2 Å². The zero-order valence-electron chi connectivity index (χ0n) is 18.2. The van der Waals surface area contributed by atoms with E-state index in [2.05, 4.69) is 4.98 Å². The van der Waals surface area contributed by atoms with Crippen LogP contribution in [-0.4, -0.2) is 26.4 Å². The van der Waals surface area contributed by atoms with Gasteiger partial charge in [0.15, 0.2) is 0 Å². The summed E-state index contributed by atoms with van der Waals surface area (Å²) in [5, 5.41) is 11.9. The van der Waals surface area contributed by atoms with Crippen molar-refractivity contribution >= 4 is 28.5 Å². The van der Waals surface area contributed by atoms with Crippen molar-refractivity contribution < 1.29 is 24.0 Å². The zero-order valence-corrected chi connectivity index (χ0v) is 18.2. The molecule has 3 aliphatic rings. The summed E-state index contributed by atoms with van der Waals surface area (Å²) >= 11 is 0. The highest BCUT2D eigenvalue weighted by Crippen LogP contribution is 2.43. The molecular weight excluding hydrogens is 442 g/mol. The third kappa shape index (κ3) is 2.74. The number of fused-ring (bicyclic) bond motifs is 5. The minimum absolute atomic E-state index is 0.0635. The van der Waals surface area contributed by atoms with Gasteiger partial charge in [-0.2, -0.15) is 0 Å². The fourth-order valence-corrected chi connectivity index (χ4v) is 4.88. The Morgan fingerprint density at radius 2 is 2.12 bits per heavy atom. The van der Waals surface area contributed by atoms with E-state index in [9.17, 15) is 24.5 Å². The summed E-state index contributed by atoms with van der Waals surface area (Å²) in [4.78, 5) is 54.6. The highest BCUT2D eigenvalue weighted by atomic mass is 16.6. The molecule has 0 radical (unpaired) electrons. The Labute approximate surface area is 192 Å². The Morgan fingerprint density at radius 3 is 2.82 bits per heavy atom. The first-order chi connectivity index (χ1) is 16.3. The molecule has 1 aromatic carbocycles. The number of nitrogens with zero attached hydrogens (tertiary/aromatic N) is 3. The van der Waals surface area contributed by atoms with Crippen LogP contribution in [0.4, 0.5) is 5.69 Å². The minimum Gasteiger partial charge on any atom is -0.457 e. The molecule has 1 fully saturated rings. The summed E-state index contributed by atoms with van der Waals surface area (Å²) in [5.41, 5.74) is 0.525. The Hall–Kier alpha value is -4.08. The fraction of sp³-hybridized carbons (Fsp3) is 0.333. The van der Waals surface area contributed by atoms with Crippen LogP contribution in [0.5, 0.6) is 0 Å². The van der Waals surface area contributed by atoms with Gasteiger partial charge in [0, 0.05) is 17.2 Å². The maximum atomic E-state index is 13.5. The number of cyclic esters (lactones) is 1. The number of benzene rings is 1. The molecule has 2 aliphatic heterocycles. The first-order valence-electron chi connectivity index (χ1n) is 11.1. The number of carbonyl (C=O) groups is 2. The van der Waals surface area contributed by atoms with Gasteiger partial charge in [0.2, 0.25) is 5.60 Å². The van der Waals surface area contributed by atoms with Gasteiger partial charge in [-0.15, -0.1) is 0 Å². The Kier molecular flexibility index (Phi) is 4.20. The van der Waals surface area contributed by atoms with E-state index in [1.165, 1.54) is 10.6 Å². The van der Waals surface area contributed by atoms with Crippen molar-refractivity contribution in [3.63, 3.8) is 0 Å². The van der Waals surface area contributed by atoms with Crippen LogP contribution in [-0.2, 0) is 37.8 Å². The van der Waals surface area contributed by atoms with Crippen LogP contribution >= 0.6 is 0 Å². The maximum absolute atomic E-state index is 13.5. The van der Waals surface area contributed by atoms with Gasteiger partial charge < -0.3 is 14.0 Å². The van der Waals surface area contributed by atoms with Gasteiger partial charge in [0.25, 0.3) is 11.2 Å². The van der Waals surface area contributed by atoms with Crippen molar-refractivity contribution in [2.24, 2.45) is 5.92 Å². The molecule has 1 aliphatic carbocycles. The van der Waals surface area contributed by atoms with Gasteiger partial charge >= 0.3 is 11.9 Å². The number of rotatable bonds is 4. The molecule has 1 atom stereocenters. The monoisotopic (exact) mass is 461 g/mol. The van der Waals surface area contributed by atoms with E-state index in [1.54, 1.807) is 31.2 Å². The second kappa shape index (κ2) is 6.96. The lowest BCUT2D eigenvalue weighted by molar-refractivity contribution is -0.383. The summed E-state index contributed by atoms with van der Waals surface area (Å²) in [6, 6.07) is 8.01. The van der Waals surface area contributed by atoms with Crippen molar-refractivity contribution in [2.45, 2.75) is 44.9 Å². The Balaban J connectivity index is 1.56. The second-order valence-corrected chi connectivity index (χ2v) is 8.86. The van der Waals surface area contributed by atoms with Gasteiger partial charge in [-0.25, -0.2) is 9.78 Å². The van der Waals surface area contributed by atoms with Crippen LogP contribution in [0, 0.1) is 16.0 Å². The third-order valence-corrected chi connectivity index (χ3v) is 6.88. The van der Waals surface area contributed by atoms with E-state index in [-0.39, 0.29) is 42.3 Å². The standard InChI is InChI=1S/C24H19N3O7/c1-2-24(34-22(29)12-6-7-12)16-9-19-20-13(10-26(19)21(28)15(16)11-33-23(24)30)8-14-17(25-20)4-3-5-18(14)27(31)32/h3-5,8-9,12H,2,6-7,10-11H2,1H3/t24-/m0/s1. The number of non-ortho nitro benzene ring substituents is 1. The van der Waals surface area contributed by atoms with E-state index in [4.69, 9.17) is 9.47 Å². The second-order valence-electron chi connectivity index (χ2n) is 8.86. The molecule has 10 nitrogen and oxygen atoms in total. The number of carbonyl (C=O) groups excluding carboxylic acids is 2. The van der Waals surface area contributed by atoms with Crippen molar-refractivity contribution in [3.8, 4) is 11.4 Å².